The summed E-state index contributed by atoms with van der Waals surface area (Å²) in [6.07, 6.45) is 3.57. The van der Waals surface area contributed by atoms with Gasteiger partial charge in [-0.1, -0.05) is 24.3 Å². The van der Waals surface area contributed by atoms with Gasteiger partial charge >= 0.3 is 0 Å². The third-order valence-corrected chi connectivity index (χ3v) is 4.86. The smallest absolute Gasteiger partial charge is 0.266 e. The van der Waals surface area contributed by atoms with E-state index in [1.165, 1.54) is 43.0 Å². The van der Waals surface area contributed by atoms with Crippen LogP contribution in [0.15, 0.2) is 47.1 Å². The Morgan fingerprint density at radius 3 is 2.75 bits per heavy atom. The van der Waals surface area contributed by atoms with Crippen molar-refractivity contribution >= 4 is 11.7 Å². The van der Waals surface area contributed by atoms with E-state index < -0.39 is 17.8 Å². The van der Waals surface area contributed by atoms with Crippen molar-refractivity contribution in [3.8, 4) is 17.0 Å². The summed E-state index contributed by atoms with van der Waals surface area (Å²) in [7, 11) is 0. The zero-order chi connectivity index (χ0) is 19.5. The van der Waals surface area contributed by atoms with E-state index in [1.54, 1.807) is 12.1 Å². The fourth-order valence-corrected chi connectivity index (χ4v) is 3.34. The number of rotatable bonds is 5. The zero-order valence-corrected chi connectivity index (χ0v) is 15.4. The van der Waals surface area contributed by atoms with Crippen LogP contribution in [0.5, 0.6) is 5.75 Å². The highest BCUT2D eigenvalue weighted by Crippen LogP contribution is 2.30. The van der Waals surface area contributed by atoms with E-state index in [1.807, 2.05) is 6.07 Å². The van der Waals surface area contributed by atoms with Crippen molar-refractivity contribution in [2.75, 3.05) is 5.32 Å². The molecular weight excluding hydrogens is 361 g/mol. The molecule has 0 saturated heterocycles. The van der Waals surface area contributed by atoms with Crippen LogP contribution >= 0.6 is 0 Å². The average Bonchev–Trinajstić information content (AvgIpc) is 3.17. The first kappa shape index (κ1) is 18.2. The molecule has 0 bridgehead atoms. The Morgan fingerprint density at radius 2 is 1.93 bits per heavy atom. The van der Waals surface area contributed by atoms with Gasteiger partial charge in [0.2, 0.25) is 5.82 Å². The molecule has 1 amide bonds. The van der Waals surface area contributed by atoms with Crippen LogP contribution in [0.25, 0.3) is 11.3 Å². The molecule has 1 aliphatic carbocycles. The maximum Gasteiger partial charge on any atom is 0.266 e. The van der Waals surface area contributed by atoms with Crippen LogP contribution in [-0.4, -0.2) is 22.3 Å². The molecule has 1 atom stereocenters. The number of amides is 1. The Bertz CT molecular complexity index is 1000. The Kier molecular flexibility index (Phi) is 5.06. The number of carbonyl (C=O) groups excluding carboxylic acids is 1. The molecule has 1 aliphatic rings. The van der Waals surface area contributed by atoms with Crippen molar-refractivity contribution in [1.82, 2.24) is 10.3 Å². The first-order valence-electron chi connectivity index (χ1n) is 9.28. The van der Waals surface area contributed by atoms with Crippen LogP contribution in [0.1, 0.15) is 30.9 Å². The van der Waals surface area contributed by atoms with Gasteiger partial charge < -0.3 is 10.1 Å². The summed E-state index contributed by atoms with van der Waals surface area (Å²) in [6, 6.07) is 12.1. The van der Waals surface area contributed by atoms with Crippen LogP contribution in [-0.2, 0) is 17.6 Å². The zero-order valence-electron chi connectivity index (χ0n) is 15.4. The highest BCUT2D eigenvalue weighted by atomic mass is 19.1. The fourth-order valence-electron chi connectivity index (χ4n) is 3.34. The summed E-state index contributed by atoms with van der Waals surface area (Å²) < 4.78 is 24.0. The largest absolute Gasteiger partial charge is 0.478 e. The predicted octanol–water partition coefficient (Wildman–Crippen LogP) is 4.16. The number of benzene rings is 2. The summed E-state index contributed by atoms with van der Waals surface area (Å²) in [5, 5.41) is 10.4. The lowest BCUT2D eigenvalue weighted by atomic mass is 9.90. The number of hydrogen-bond donors (Lipinski definition) is 1. The van der Waals surface area contributed by atoms with Crippen LogP contribution < -0.4 is 10.1 Å². The van der Waals surface area contributed by atoms with Crippen LogP contribution in [0, 0.1) is 5.82 Å². The summed E-state index contributed by atoms with van der Waals surface area (Å²) >= 11 is 0. The van der Waals surface area contributed by atoms with E-state index in [9.17, 15) is 9.18 Å². The normalized spacial score (nSPS) is 14.2. The SMILES string of the molecule is C[C@H](Oc1ccccc1F)C(=O)Nc1nonc1-c1ccc2c(c1)CCCC2. The van der Waals surface area contributed by atoms with Crippen molar-refractivity contribution in [2.24, 2.45) is 0 Å². The summed E-state index contributed by atoms with van der Waals surface area (Å²) in [6.45, 7) is 1.54. The number of ether oxygens (including phenoxy) is 1. The Labute approximate surface area is 161 Å². The van der Waals surface area contributed by atoms with Gasteiger partial charge in [0.05, 0.1) is 0 Å². The Hall–Kier alpha value is -3.22. The lowest BCUT2D eigenvalue weighted by molar-refractivity contribution is -0.122. The minimum absolute atomic E-state index is 0.0124. The molecule has 4 rings (SSSR count). The number of halogens is 1. The van der Waals surface area contributed by atoms with E-state index in [0.717, 1.165) is 18.4 Å². The second kappa shape index (κ2) is 7.80. The minimum Gasteiger partial charge on any atom is -0.478 e. The van der Waals surface area contributed by atoms with Gasteiger partial charge in [0, 0.05) is 5.56 Å². The molecule has 0 unspecified atom stereocenters. The van der Waals surface area contributed by atoms with Gasteiger partial charge in [-0.05, 0) is 72.2 Å². The molecule has 0 spiro atoms. The molecule has 1 aromatic heterocycles. The predicted molar refractivity (Wildman–Crippen MR) is 101 cm³/mol. The molecule has 1 heterocycles. The van der Waals surface area contributed by atoms with Crippen LogP contribution in [0.3, 0.4) is 0 Å². The standard InChI is InChI=1S/C21H20FN3O3/c1-13(27-18-9-5-4-8-17(18)22)21(26)23-20-19(24-28-25-20)16-11-10-14-6-2-3-7-15(14)12-16/h4-5,8-13H,2-3,6-7H2,1H3,(H,23,25,26)/t13-/m0/s1. The van der Waals surface area contributed by atoms with E-state index >= 15 is 0 Å². The number of fused-ring (bicyclic) bond motifs is 1. The van der Waals surface area contributed by atoms with E-state index in [2.05, 4.69) is 27.8 Å². The number of nitrogens with zero attached hydrogens (tertiary/aromatic N) is 2. The number of anilines is 1. The quantitative estimate of drug-likeness (QED) is 0.718. The first-order chi connectivity index (χ1) is 13.6. The fraction of sp³-hybridized carbons (Fsp3) is 0.286. The molecule has 2 aromatic carbocycles. The van der Waals surface area contributed by atoms with Gasteiger partial charge in [-0.2, -0.15) is 0 Å². The highest BCUT2D eigenvalue weighted by molar-refractivity contribution is 5.96. The molecule has 144 valence electrons. The van der Waals surface area contributed by atoms with E-state index in [4.69, 9.17) is 9.37 Å². The molecule has 1 N–H and O–H groups in total. The molecule has 3 aromatic rings. The molecule has 0 saturated carbocycles. The van der Waals surface area contributed by atoms with Crippen molar-refractivity contribution in [2.45, 2.75) is 38.7 Å². The Balaban J connectivity index is 1.50. The molecule has 7 heteroatoms. The highest BCUT2D eigenvalue weighted by Gasteiger charge is 2.22. The average molecular weight is 381 g/mol. The molecular formula is C21H20FN3O3. The van der Waals surface area contributed by atoms with E-state index in [-0.39, 0.29) is 11.6 Å². The molecule has 6 nitrogen and oxygen atoms in total. The number of nitrogens with one attached hydrogen (secondary N) is 1. The number of carbonyl (C=O) groups is 1. The maximum absolute atomic E-state index is 13.7. The monoisotopic (exact) mass is 381 g/mol. The van der Waals surface area contributed by atoms with Crippen molar-refractivity contribution < 1.29 is 18.6 Å². The Morgan fingerprint density at radius 1 is 1.14 bits per heavy atom. The van der Waals surface area contributed by atoms with Crippen LogP contribution in [0.2, 0.25) is 0 Å². The van der Waals surface area contributed by atoms with Gasteiger partial charge in [-0.25, -0.2) is 9.02 Å². The first-order valence-corrected chi connectivity index (χ1v) is 9.28. The summed E-state index contributed by atoms with van der Waals surface area (Å²) in [5.74, 6) is -0.777. The van der Waals surface area contributed by atoms with Gasteiger partial charge in [-0.15, -0.1) is 0 Å². The lowest BCUT2D eigenvalue weighted by Crippen LogP contribution is -2.30. The van der Waals surface area contributed by atoms with Crippen molar-refractivity contribution in [3.05, 3.63) is 59.4 Å². The second-order valence-electron chi connectivity index (χ2n) is 6.83. The number of para-hydroxylation sites is 1. The lowest BCUT2D eigenvalue weighted by Gasteiger charge is -2.16. The summed E-state index contributed by atoms with van der Waals surface area (Å²) in [4.78, 5) is 12.5. The molecule has 0 fully saturated rings. The number of hydrogen-bond acceptors (Lipinski definition) is 5. The number of aryl methyl sites for hydroxylation is 2. The number of aromatic nitrogens is 2. The maximum atomic E-state index is 13.7. The molecule has 28 heavy (non-hydrogen) atoms. The molecule has 0 aliphatic heterocycles. The van der Waals surface area contributed by atoms with Gasteiger partial charge in [0.25, 0.3) is 5.91 Å². The summed E-state index contributed by atoms with van der Waals surface area (Å²) in [5.41, 5.74) is 3.93. The van der Waals surface area contributed by atoms with Crippen molar-refractivity contribution in [1.29, 1.82) is 0 Å². The topological polar surface area (TPSA) is 77.2 Å². The molecule has 0 radical (unpaired) electrons. The van der Waals surface area contributed by atoms with Gasteiger partial charge in [-0.3, -0.25) is 4.79 Å². The van der Waals surface area contributed by atoms with Gasteiger partial charge in [0.15, 0.2) is 23.4 Å². The van der Waals surface area contributed by atoms with Crippen LogP contribution in [0.4, 0.5) is 10.2 Å². The third kappa shape index (κ3) is 3.74. The van der Waals surface area contributed by atoms with Gasteiger partial charge in [0.1, 0.15) is 0 Å². The van der Waals surface area contributed by atoms with Crippen molar-refractivity contribution in [3.63, 3.8) is 0 Å². The minimum atomic E-state index is -0.926. The second-order valence-corrected chi connectivity index (χ2v) is 6.83. The van der Waals surface area contributed by atoms with E-state index in [0.29, 0.717) is 5.69 Å². The third-order valence-electron chi connectivity index (χ3n) is 4.86.